The number of hydrogen-bond donors (Lipinski definition) is 1. The molecule has 8 heteroatoms. The van der Waals surface area contributed by atoms with Crippen molar-refractivity contribution in [3.05, 3.63) is 124 Å². The van der Waals surface area contributed by atoms with Crippen molar-refractivity contribution < 1.29 is 0 Å². The molecule has 1 aliphatic rings. The van der Waals surface area contributed by atoms with Gasteiger partial charge in [-0.1, -0.05) is 59.6 Å². The van der Waals surface area contributed by atoms with Gasteiger partial charge in [0.05, 0.1) is 18.1 Å². The Morgan fingerprint density at radius 2 is 1.37 bits per heavy atom. The molecule has 0 amide bonds. The van der Waals surface area contributed by atoms with E-state index in [9.17, 15) is 0 Å². The molecule has 0 atom stereocenters. The Balaban J connectivity index is 1.19. The summed E-state index contributed by atoms with van der Waals surface area (Å²) in [5.74, 6) is 1.67. The summed E-state index contributed by atoms with van der Waals surface area (Å²) in [4.78, 5) is 16.1. The lowest BCUT2D eigenvalue weighted by atomic mass is 9.96. The maximum atomic E-state index is 6.22. The topological polar surface area (TPSA) is 44.3 Å². The van der Waals surface area contributed by atoms with Crippen molar-refractivity contribution in [2.45, 2.75) is 17.5 Å². The van der Waals surface area contributed by atoms with Gasteiger partial charge in [-0.15, -0.1) is 11.8 Å². The Bertz CT molecular complexity index is 1560. The normalized spacial score (nSPS) is 14.5. The van der Waals surface area contributed by atoms with Crippen LogP contribution >= 0.6 is 35.0 Å². The number of rotatable bonds is 8. The smallest absolute Gasteiger partial charge is 0.145 e. The van der Waals surface area contributed by atoms with Gasteiger partial charge in [-0.2, -0.15) is 0 Å². The average molecular weight is 601 g/mol. The predicted octanol–water partition coefficient (Wildman–Crippen LogP) is 8.31. The first-order valence-corrected chi connectivity index (χ1v) is 15.7. The number of para-hydroxylation sites is 1. The molecule has 0 aliphatic carbocycles. The monoisotopic (exact) mass is 599 g/mol. The molecule has 0 bridgehead atoms. The Labute approximate surface area is 255 Å². The van der Waals surface area contributed by atoms with E-state index in [2.05, 4.69) is 82.0 Å². The first kappa shape index (κ1) is 28.0. The third-order valence-electron chi connectivity index (χ3n) is 7.51. The number of piperazine rings is 1. The molecule has 1 aromatic heterocycles. The van der Waals surface area contributed by atoms with Crippen LogP contribution in [-0.2, 0) is 6.54 Å². The fourth-order valence-electron chi connectivity index (χ4n) is 5.39. The van der Waals surface area contributed by atoms with Crippen LogP contribution in [0.15, 0.2) is 102 Å². The van der Waals surface area contributed by atoms with Crippen molar-refractivity contribution in [3.63, 3.8) is 0 Å². The van der Waals surface area contributed by atoms with Crippen LogP contribution in [0.5, 0.6) is 0 Å². The highest BCUT2D eigenvalue weighted by Gasteiger charge is 2.27. The minimum atomic E-state index is 0.136. The fourth-order valence-corrected chi connectivity index (χ4v) is 6.05. The van der Waals surface area contributed by atoms with E-state index in [4.69, 9.17) is 33.2 Å². The number of hydrogen-bond acceptors (Lipinski definition) is 6. The number of fused-ring (bicyclic) bond motifs is 1. The van der Waals surface area contributed by atoms with Crippen molar-refractivity contribution in [2.75, 3.05) is 37.8 Å². The molecule has 41 heavy (non-hydrogen) atoms. The Morgan fingerprint density at radius 3 is 1.98 bits per heavy atom. The molecule has 0 radical (unpaired) electrons. The second kappa shape index (κ2) is 12.8. The summed E-state index contributed by atoms with van der Waals surface area (Å²) < 4.78 is 0. The first-order chi connectivity index (χ1) is 20.1. The molecule has 4 aromatic carbocycles. The highest BCUT2D eigenvalue weighted by molar-refractivity contribution is 7.98. The van der Waals surface area contributed by atoms with Crippen LogP contribution in [0.3, 0.4) is 0 Å². The number of nitrogens with zero attached hydrogens (tertiary/aromatic N) is 4. The van der Waals surface area contributed by atoms with E-state index in [0.717, 1.165) is 64.5 Å². The molecule has 6 rings (SSSR count). The summed E-state index contributed by atoms with van der Waals surface area (Å²) in [6.07, 6.45) is 2.09. The predicted molar refractivity (Wildman–Crippen MR) is 173 cm³/mol. The second-order valence-electron chi connectivity index (χ2n) is 10.2. The van der Waals surface area contributed by atoms with E-state index in [1.807, 2.05) is 36.4 Å². The van der Waals surface area contributed by atoms with E-state index in [-0.39, 0.29) is 6.04 Å². The summed E-state index contributed by atoms with van der Waals surface area (Å²) in [5, 5.41) is 6.04. The van der Waals surface area contributed by atoms with E-state index < -0.39 is 0 Å². The molecule has 1 fully saturated rings. The molecular weight excluding hydrogens is 569 g/mol. The third kappa shape index (κ3) is 6.69. The first-order valence-electron chi connectivity index (χ1n) is 13.7. The maximum Gasteiger partial charge on any atom is 0.145 e. The standard InChI is InChI=1S/C33H31Cl2N5S/c1-41-28-16-14-27(15-17-28)36-33-29-4-2-3-5-30(29)37-31(38-33)22-39-18-20-40(21-19-39)32(23-6-10-25(34)11-7-23)24-8-12-26(35)13-9-24/h2-17,32H,18-22H2,1H3,(H,36,37,38). The van der Waals surface area contributed by atoms with Crippen LogP contribution in [0.25, 0.3) is 10.9 Å². The Hall–Kier alpha value is -3.13. The van der Waals surface area contributed by atoms with E-state index in [1.54, 1.807) is 11.8 Å². The van der Waals surface area contributed by atoms with E-state index in [0.29, 0.717) is 6.54 Å². The summed E-state index contributed by atoms with van der Waals surface area (Å²) in [6.45, 7) is 4.40. The number of aromatic nitrogens is 2. The molecule has 0 spiro atoms. The average Bonchev–Trinajstić information content (AvgIpc) is 3.00. The summed E-state index contributed by atoms with van der Waals surface area (Å²) in [6, 6.07) is 33.1. The van der Waals surface area contributed by atoms with Crippen molar-refractivity contribution in [3.8, 4) is 0 Å². The Morgan fingerprint density at radius 1 is 0.756 bits per heavy atom. The zero-order valence-electron chi connectivity index (χ0n) is 22.8. The molecule has 1 saturated heterocycles. The second-order valence-corrected chi connectivity index (χ2v) is 11.9. The molecule has 0 saturated carbocycles. The highest BCUT2D eigenvalue weighted by Crippen LogP contribution is 2.32. The minimum absolute atomic E-state index is 0.136. The van der Waals surface area contributed by atoms with Gasteiger partial charge < -0.3 is 5.32 Å². The van der Waals surface area contributed by atoms with Crippen molar-refractivity contribution in [1.82, 2.24) is 19.8 Å². The van der Waals surface area contributed by atoms with Crippen molar-refractivity contribution >= 4 is 57.4 Å². The zero-order chi connectivity index (χ0) is 28.2. The largest absolute Gasteiger partial charge is 0.340 e. The van der Waals surface area contributed by atoms with Crippen LogP contribution in [-0.4, -0.2) is 52.2 Å². The van der Waals surface area contributed by atoms with Gasteiger partial charge in [-0.25, -0.2) is 9.97 Å². The third-order valence-corrected chi connectivity index (χ3v) is 8.76. The molecule has 1 N–H and O–H groups in total. The van der Waals surface area contributed by atoms with Gasteiger partial charge >= 0.3 is 0 Å². The van der Waals surface area contributed by atoms with E-state index >= 15 is 0 Å². The van der Waals surface area contributed by atoms with E-state index in [1.165, 1.54) is 16.0 Å². The van der Waals surface area contributed by atoms with Gasteiger partial charge in [0.2, 0.25) is 0 Å². The molecule has 208 valence electrons. The van der Waals surface area contributed by atoms with Gasteiger partial charge in [0.15, 0.2) is 0 Å². The number of anilines is 2. The van der Waals surface area contributed by atoms with Gasteiger partial charge in [0.1, 0.15) is 11.6 Å². The van der Waals surface area contributed by atoms with Gasteiger partial charge in [-0.3, -0.25) is 9.80 Å². The lowest BCUT2D eigenvalue weighted by Gasteiger charge is -2.39. The molecule has 2 heterocycles. The van der Waals surface area contributed by atoms with Crippen molar-refractivity contribution in [1.29, 1.82) is 0 Å². The minimum Gasteiger partial charge on any atom is -0.340 e. The lowest BCUT2D eigenvalue weighted by Crippen LogP contribution is -2.47. The SMILES string of the molecule is CSc1ccc(Nc2nc(CN3CCN(C(c4ccc(Cl)cc4)c4ccc(Cl)cc4)CC3)nc3ccccc23)cc1. The lowest BCUT2D eigenvalue weighted by molar-refractivity contribution is 0.103. The number of benzene rings is 4. The Kier molecular flexibility index (Phi) is 8.75. The molecule has 5 nitrogen and oxygen atoms in total. The fraction of sp³-hybridized carbons (Fsp3) is 0.212. The van der Waals surface area contributed by atoms with Crippen LogP contribution in [0.1, 0.15) is 23.0 Å². The highest BCUT2D eigenvalue weighted by atomic mass is 35.5. The molecule has 5 aromatic rings. The van der Waals surface area contributed by atoms with Crippen LogP contribution in [0.2, 0.25) is 10.0 Å². The molecule has 0 unspecified atom stereocenters. The molecular formula is C33H31Cl2N5S. The van der Waals surface area contributed by atoms with Crippen molar-refractivity contribution in [2.24, 2.45) is 0 Å². The summed E-state index contributed by atoms with van der Waals surface area (Å²) in [7, 11) is 0. The quantitative estimate of drug-likeness (QED) is 0.181. The number of halogens is 2. The van der Waals surface area contributed by atoms with Crippen LogP contribution in [0.4, 0.5) is 11.5 Å². The number of thioether (sulfide) groups is 1. The van der Waals surface area contributed by atoms with Gasteiger partial charge in [0, 0.05) is 52.2 Å². The summed E-state index contributed by atoms with van der Waals surface area (Å²) >= 11 is 14.2. The molecule has 1 aliphatic heterocycles. The number of nitrogens with one attached hydrogen (secondary N) is 1. The van der Waals surface area contributed by atoms with Crippen LogP contribution in [0, 0.1) is 0 Å². The van der Waals surface area contributed by atoms with Gasteiger partial charge in [0.25, 0.3) is 0 Å². The van der Waals surface area contributed by atoms with Gasteiger partial charge in [-0.05, 0) is 78.0 Å². The van der Waals surface area contributed by atoms with Crippen LogP contribution < -0.4 is 5.32 Å². The summed E-state index contributed by atoms with van der Waals surface area (Å²) in [5.41, 5.74) is 4.42. The zero-order valence-corrected chi connectivity index (χ0v) is 25.1. The maximum absolute atomic E-state index is 6.22.